The standard InChI is InChI=1S/C14H27N3O3/c1-3-20-14(19)16-12-5-4-8-17(10-12)13(18)7-6-11(2)9-15/h11-12H,3-10,15H2,1-2H3,(H,16,19). The molecule has 6 nitrogen and oxygen atoms in total. The molecule has 2 unspecified atom stereocenters. The SMILES string of the molecule is CCOC(=O)NC1CCCN(C(=O)CCC(C)CN)C1. The molecule has 0 spiro atoms. The summed E-state index contributed by atoms with van der Waals surface area (Å²) in [6.07, 6.45) is 2.76. The summed E-state index contributed by atoms with van der Waals surface area (Å²) in [7, 11) is 0. The zero-order chi connectivity index (χ0) is 15.0. The minimum absolute atomic E-state index is 0.00122. The minimum atomic E-state index is -0.399. The zero-order valence-electron chi connectivity index (χ0n) is 12.6. The van der Waals surface area contributed by atoms with Gasteiger partial charge >= 0.3 is 6.09 Å². The Labute approximate surface area is 121 Å². The predicted octanol–water partition coefficient (Wildman–Crippen LogP) is 1.10. The number of piperidine rings is 1. The molecule has 1 rings (SSSR count). The molecule has 6 heteroatoms. The summed E-state index contributed by atoms with van der Waals surface area (Å²) in [5, 5.41) is 2.81. The Morgan fingerprint density at radius 3 is 2.90 bits per heavy atom. The number of carbonyl (C=O) groups is 2. The summed E-state index contributed by atoms with van der Waals surface area (Å²) in [6, 6.07) is -0.00122. The predicted molar refractivity (Wildman–Crippen MR) is 77.2 cm³/mol. The summed E-state index contributed by atoms with van der Waals surface area (Å²) in [4.78, 5) is 25.3. The second kappa shape index (κ2) is 8.79. The molecule has 2 amide bonds. The second-order valence-electron chi connectivity index (χ2n) is 5.42. The van der Waals surface area contributed by atoms with Crippen LogP contribution in [0.25, 0.3) is 0 Å². The fraction of sp³-hybridized carbons (Fsp3) is 0.857. The van der Waals surface area contributed by atoms with Crippen molar-refractivity contribution >= 4 is 12.0 Å². The fourth-order valence-corrected chi connectivity index (χ4v) is 2.31. The van der Waals surface area contributed by atoms with E-state index in [2.05, 4.69) is 12.2 Å². The highest BCUT2D eigenvalue weighted by atomic mass is 16.5. The van der Waals surface area contributed by atoms with Crippen molar-refractivity contribution in [1.29, 1.82) is 0 Å². The number of likely N-dealkylation sites (tertiary alicyclic amines) is 1. The molecule has 1 aliphatic rings. The van der Waals surface area contributed by atoms with Crippen LogP contribution in [0.2, 0.25) is 0 Å². The minimum Gasteiger partial charge on any atom is -0.450 e. The van der Waals surface area contributed by atoms with Crippen molar-refractivity contribution in [2.45, 2.75) is 45.6 Å². The molecule has 1 fully saturated rings. The number of nitrogens with one attached hydrogen (secondary N) is 1. The van der Waals surface area contributed by atoms with E-state index in [1.807, 2.05) is 4.90 Å². The van der Waals surface area contributed by atoms with Crippen LogP contribution >= 0.6 is 0 Å². The van der Waals surface area contributed by atoms with Gasteiger partial charge in [-0.05, 0) is 38.6 Å². The van der Waals surface area contributed by atoms with Crippen molar-refractivity contribution < 1.29 is 14.3 Å². The van der Waals surface area contributed by atoms with Gasteiger partial charge in [0.25, 0.3) is 0 Å². The second-order valence-corrected chi connectivity index (χ2v) is 5.42. The van der Waals surface area contributed by atoms with E-state index in [9.17, 15) is 9.59 Å². The molecule has 1 aliphatic heterocycles. The molecule has 1 heterocycles. The zero-order valence-corrected chi connectivity index (χ0v) is 12.6. The van der Waals surface area contributed by atoms with E-state index in [0.717, 1.165) is 25.8 Å². The van der Waals surface area contributed by atoms with E-state index in [4.69, 9.17) is 10.5 Å². The third-order valence-corrected chi connectivity index (χ3v) is 3.62. The Morgan fingerprint density at radius 1 is 1.50 bits per heavy atom. The first-order chi connectivity index (χ1) is 9.56. The molecule has 1 saturated heterocycles. The summed E-state index contributed by atoms with van der Waals surface area (Å²) in [5.74, 6) is 0.526. The highest BCUT2D eigenvalue weighted by Gasteiger charge is 2.24. The normalized spacial score (nSPS) is 20.4. The maximum absolute atomic E-state index is 12.1. The largest absolute Gasteiger partial charge is 0.450 e. The van der Waals surface area contributed by atoms with Crippen molar-refractivity contribution in [3.05, 3.63) is 0 Å². The van der Waals surface area contributed by atoms with Crippen LogP contribution in [0, 0.1) is 5.92 Å². The molecule has 116 valence electrons. The number of ether oxygens (including phenoxy) is 1. The molecule has 0 aliphatic carbocycles. The summed E-state index contributed by atoms with van der Waals surface area (Å²) in [5.41, 5.74) is 5.56. The van der Waals surface area contributed by atoms with Crippen LogP contribution in [0.1, 0.15) is 39.5 Å². The van der Waals surface area contributed by atoms with Crippen LogP contribution in [0.5, 0.6) is 0 Å². The maximum atomic E-state index is 12.1. The highest BCUT2D eigenvalue weighted by molar-refractivity contribution is 5.76. The number of alkyl carbamates (subject to hydrolysis) is 1. The van der Waals surface area contributed by atoms with Crippen molar-refractivity contribution in [3.63, 3.8) is 0 Å². The van der Waals surface area contributed by atoms with Crippen LogP contribution in [-0.4, -0.2) is 49.2 Å². The Hall–Kier alpha value is -1.30. The first-order valence-electron chi connectivity index (χ1n) is 7.48. The number of hydrogen-bond acceptors (Lipinski definition) is 4. The maximum Gasteiger partial charge on any atom is 0.407 e. The van der Waals surface area contributed by atoms with Gasteiger partial charge < -0.3 is 20.7 Å². The summed E-state index contributed by atoms with van der Waals surface area (Å²) >= 11 is 0. The van der Waals surface area contributed by atoms with E-state index < -0.39 is 6.09 Å². The molecule has 0 bridgehead atoms. The van der Waals surface area contributed by atoms with Crippen LogP contribution < -0.4 is 11.1 Å². The first kappa shape index (κ1) is 16.8. The van der Waals surface area contributed by atoms with Crippen LogP contribution in [-0.2, 0) is 9.53 Å². The Balaban J connectivity index is 2.36. The summed E-state index contributed by atoms with van der Waals surface area (Å²) < 4.78 is 4.87. The average Bonchev–Trinajstić information content (AvgIpc) is 2.44. The first-order valence-corrected chi connectivity index (χ1v) is 7.48. The lowest BCUT2D eigenvalue weighted by Crippen LogP contribution is -2.49. The van der Waals surface area contributed by atoms with Crippen LogP contribution in [0.15, 0.2) is 0 Å². The smallest absolute Gasteiger partial charge is 0.407 e. The molecule has 0 radical (unpaired) electrons. The van der Waals surface area contributed by atoms with Gasteiger partial charge in [-0.2, -0.15) is 0 Å². The van der Waals surface area contributed by atoms with E-state index in [-0.39, 0.29) is 11.9 Å². The molecule has 3 N–H and O–H groups in total. The Kier molecular flexibility index (Phi) is 7.36. The van der Waals surface area contributed by atoms with Crippen molar-refractivity contribution in [1.82, 2.24) is 10.2 Å². The average molecular weight is 285 g/mol. The van der Waals surface area contributed by atoms with Crippen molar-refractivity contribution in [2.24, 2.45) is 11.7 Å². The summed E-state index contributed by atoms with van der Waals surface area (Å²) in [6.45, 7) is 6.15. The van der Waals surface area contributed by atoms with Crippen molar-refractivity contribution in [3.8, 4) is 0 Å². The molecular formula is C14H27N3O3. The van der Waals surface area contributed by atoms with Crippen molar-refractivity contribution in [2.75, 3.05) is 26.2 Å². The Morgan fingerprint density at radius 2 is 2.25 bits per heavy atom. The van der Waals surface area contributed by atoms with Gasteiger partial charge in [0, 0.05) is 25.6 Å². The van der Waals surface area contributed by atoms with Gasteiger partial charge in [-0.15, -0.1) is 0 Å². The van der Waals surface area contributed by atoms with Gasteiger partial charge in [0.2, 0.25) is 5.91 Å². The number of amides is 2. The third-order valence-electron chi connectivity index (χ3n) is 3.62. The Bertz CT molecular complexity index is 323. The van der Waals surface area contributed by atoms with E-state index in [1.165, 1.54) is 0 Å². The fourth-order valence-electron chi connectivity index (χ4n) is 2.31. The van der Waals surface area contributed by atoms with Gasteiger partial charge in [-0.1, -0.05) is 6.92 Å². The molecule has 0 saturated carbocycles. The van der Waals surface area contributed by atoms with Gasteiger partial charge in [-0.25, -0.2) is 4.79 Å². The topological polar surface area (TPSA) is 84.7 Å². The van der Waals surface area contributed by atoms with E-state index in [1.54, 1.807) is 6.92 Å². The lowest BCUT2D eigenvalue weighted by Gasteiger charge is -2.33. The lowest BCUT2D eigenvalue weighted by atomic mass is 10.0. The number of hydrogen-bond donors (Lipinski definition) is 2. The van der Waals surface area contributed by atoms with Gasteiger partial charge in [-0.3, -0.25) is 4.79 Å². The quantitative estimate of drug-likeness (QED) is 0.765. The van der Waals surface area contributed by atoms with Gasteiger partial charge in [0.15, 0.2) is 0 Å². The van der Waals surface area contributed by atoms with Crippen LogP contribution in [0.3, 0.4) is 0 Å². The monoisotopic (exact) mass is 285 g/mol. The number of carbonyl (C=O) groups excluding carboxylic acids is 2. The third kappa shape index (κ3) is 5.77. The number of rotatable bonds is 6. The van der Waals surface area contributed by atoms with Gasteiger partial charge in [0.05, 0.1) is 6.61 Å². The molecule has 2 atom stereocenters. The number of nitrogens with two attached hydrogens (primary N) is 1. The highest BCUT2D eigenvalue weighted by Crippen LogP contribution is 2.13. The molecule has 20 heavy (non-hydrogen) atoms. The lowest BCUT2D eigenvalue weighted by molar-refractivity contribution is -0.132. The number of nitrogens with zero attached hydrogens (tertiary/aromatic N) is 1. The van der Waals surface area contributed by atoms with Gasteiger partial charge in [0.1, 0.15) is 0 Å². The molecular weight excluding hydrogens is 258 g/mol. The van der Waals surface area contributed by atoms with E-state index >= 15 is 0 Å². The van der Waals surface area contributed by atoms with Crippen LogP contribution in [0.4, 0.5) is 4.79 Å². The molecule has 0 aromatic rings. The molecule has 0 aromatic heterocycles. The van der Waals surface area contributed by atoms with E-state index in [0.29, 0.717) is 32.0 Å². The molecule has 0 aromatic carbocycles.